The fourth-order valence-electron chi connectivity index (χ4n) is 3.52. The number of hydrogen-bond acceptors (Lipinski definition) is 3. The number of carboxylic acid groups (broad SMARTS) is 1. The molecule has 0 heterocycles. The zero-order chi connectivity index (χ0) is 20.0. The predicted octanol–water partition coefficient (Wildman–Crippen LogP) is 3.02. The minimum absolute atomic E-state index is 0.150. The van der Waals surface area contributed by atoms with E-state index < -0.39 is 24.0 Å². The van der Waals surface area contributed by atoms with Crippen molar-refractivity contribution in [3.05, 3.63) is 34.9 Å². The molecular formula is C21H30N2O4. The Labute approximate surface area is 160 Å². The van der Waals surface area contributed by atoms with Crippen LogP contribution in [-0.2, 0) is 14.4 Å². The van der Waals surface area contributed by atoms with Crippen molar-refractivity contribution >= 4 is 17.8 Å². The highest BCUT2D eigenvalue weighted by Gasteiger charge is 2.26. The smallest absolute Gasteiger partial charge is 0.330 e. The standard InChI is InChI=1S/C21H30N2O4/c1-13-9-10-17(11-14(13)2)19(21(26)27)23-20(25)15(3)22-18(24)12-16-7-5-4-6-8-16/h9-11,15-16,19H,4-8,12H2,1-3H3,(H,22,24)(H,23,25)(H,26,27). The highest BCUT2D eigenvalue weighted by Crippen LogP contribution is 2.26. The molecule has 0 aliphatic heterocycles. The molecule has 0 radical (unpaired) electrons. The molecule has 1 aliphatic carbocycles. The number of rotatable bonds is 7. The van der Waals surface area contributed by atoms with Gasteiger partial charge in [-0.1, -0.05) is 37.5 Å². The zero-order valence-corrected chi connectivity index (χ0v) is 16.4. The summed E-state index contributed by atoms with van der Waals surface area (Å²) in [6.07, 6.45) is 6.08. The number of benzene rings is 1. The second-order valence-electron chi connectivity index (χ2n) is 7.62. The number of aryl methyl sites for hydroxylation is 2. The van der Waals surface area contributed by atoms with Crippen LogP contribution in [0.3, 0.4) is 0 Å². The maximum Gasteiger partial charge on any atom is 0.330 e. The molecular weight excluding hydrogens is 344 g/mol. The summed E-state index contributed by atoms with van der Waals surface area (Å²) in [5.41, 5.74) is 2.53. The summed E-state index contributed by atoms with van der Waals surface area (Å²) < 4.78 is 0. The van der Waals surface area contributed by atoms with E-state index in [4.69, 9.17) is 0 Å². The van der Waals surface area contributed by atoms with Crippen LogP contribution in [0.15, 0.2) is 18.2 Å². The molecule has 1 aromatic carbocycles. The summed E-state index contributed by atoms with van der Waals surface area (Å²) >= 11 is 0. The van der Waals surface area contributed by atoms with Crippen molar-refractivity contribution in [1.29, 1.82) is 0 Å². The zero-order valence-electron chi connectivity index (χ0n) is 16.4. The molecule has 2 rings (SSSR count). The molecule has 0 bridgehead atoms. The van der Waals surface area contributed by atoms with Crippen molar-refractivity contribution in [3.8, 4) is 0 Å². The number of hydrogen-bond donors (Lipinski definition) is 3. The third kappa shape index (κ3) is 6.08. The van der Waals surface area contributed by atoms with E-state index in [9.17, 15) is 19.5 Å². The molecule has 0 spiro atoms. The first-order valence-electron chi connectivity index (χ1n) is 9.67. The molecule has 0 aromatic heterocycles. The van der Waals surface area contributed by atoms with E-state index >= 15 is 0 Å². The second-order valence-corrected chi connectivity index (χ2v) is 7.62. The van der Waals surface area contributed by atoms with Gasteiger partial charge in [-0.15, -0.1) is 0 Å². The first kappa shape index (κ1) is 20.9. The van der Waals surface area contributed by atoms with Crippen molar-refractivity contribution in [3.63, 3.8) is 0 Å². The number of amides is 2. The van der Waals surface area contributed by atoms with Crippen molar-refractivity contribution in [2.24, 2.45) is 5.92 Å². The average molecular weight is 374 g/mol. The summed E-state index contributed by atoms with van der Waals surface area (Å²) in [5.74, 6) is -1.40. The van der Waals surface area contributed by atoms with Crippen molar-refractivity contribution in [1.82, 2.24) is 10.6 Å². The Balaban J connectivity index is 1.94. The van der Waals surface area contributed by atoms with E-state index in [-0.39, 0.29) is 5.91 Å². The molecule has 1 fully saturated rings. The Bertz CT molecular complexity index is 695. The lowest BCUT2D eigenvalue weighted by molar-refractivity contribution is -0.142. The van der Waals surface area contributed by atoms with Crippen LogP contribution in [0, 0.1) is 19.8 Å². The van der Waals surface area contributed by atoms with E-state index in [1.54, 1.807) is 19.1 Å². The minimum atomic E-state index is -1.14. The summed E-state index contributed by atoms with van der Waals surface area (Å²) in [4.78, 5) is 36.2. The molecule has 1 aliphatic rings. The maximum atomic E-state index is 12.4. The van der Waals surface area contributed by atoms with Gasteiger partial charge in [0.1, 0.15) is 6.04 Å². The normalized spacial score (nSPS) is 17.0. The monoisotopic (exact) mass is 374 g/mol. The molecule has 6 nitrogen and oxygen atoms in total. The Hall–Kier alpha value is -2.37. The van der Waals surface area contributed by atoms with Gasteiger partial charge in [-0.25, -0.2) is 4.79 Å². The molecule has 6 heteroatoms. The van der Waals surface area contributed by atoms with Gasteiger partial charge in [0.05, 0.1) is 0 Å². The van der Waals surface area contributed by atoms with Crippen LogP contribution in [0.1, 0.15) is 68.2 Å². The Kier molecular flexibility index (Phi) is 7.39. The molecule has 27 heavy (non-hydrogen) atoms. The van der Waals surface area contributed by atoms with Gasteiger partial charge >= 0.3 is 5.97 Å². The molecule has 3 N–H and O–H groups in total. The van der Waals surface area contributed by atoms with Crippen LogP contribution in [0.4, 0.5) is 0 Å². The van der Waals surface area contributed by atoms with E-state index in [1.807, 2.05) is 19.9 Å². The number of aliphatic carboxylic acids is 1. The molecule has 2 unspecified atom stereocenters. The quantitative estimate of drug-likeness (QED) is 0.684. The van der Waals surface area contributed by atoms with Gasteiger partial charge in [0.15, 0.2) is 6.04 Å². The summed E-state index contributed by atoms with van der Waals surface area (Å²) in [6.45, 7) is 5.42. The van der Waals surface area contributed by atoms with Crippen molar-refractivity contribution in [2.75, 3.05) is 0 Å². The largest absolute Gasteiger partial charge is 0.479 e. The first-order chi connectivity index (χ1) is 12.8. The molecule has 148 valence electrons. The fourth-order valence-corrected chi connectivity index (χ4v) is 3.52. The minimum Gasteiger partial charge on any atom is -0.479 e. The van der Waals surface area contributed by atoms with Crippen molar-refractivity contribution in [2.45, 2.75) is 71.4 Å². The van der Waals surface area contributed by atoms with Gasteiger partial charge in [-0.3, -0.25) is 9.59 Å². The van der Waals surface area contributed by atoms with Gasteiger partial charge in [0, 0.05) is 6.42 Å². The highest BCUT2D eigenvalue weighted by molar-refractivity contribution is 5.90. The number of carboxylic acids is 1. The second kappa shape index (κ2) is 9.53. The van der Waals surface area contributed by atoms with E-state index in [0.29, 0.717) is 17.9 Å². The van der Waals surface area contributed by atoms with Gasteiger partial charge < -0.3 is 15.7 Å². The van der Waals surface area contributed by atoms with E-state index in [0.717, 1.165) is 36.8 Å². The number of carbonyl (C=O) groups is 3. The summed E-state index contributed by atoms with van der Waals surface area (Å²) in [5, 5.41) is 14.7. The van der Waals surface area contributed by atoms with Crippen LogP contribution >= 0.6 is 0 Å². The van der Waals surface area contributed by atoms with Crippen LogP contribution in [0.2, 0.25) is 0 Å². The SMILES string of the molecule is Cc1ccc(C(NC(=O)C(C)NC(=O)CC2CCCCC2)C(=O)O)cc1C. The molecule has 2 amide bonds. The van der Waals surface area contributed by atoms with E-state index in [2.05, 4.69) is 10.6 Å². The lowest BCUT2D eigenvalue weighted by Gasteiger charge is -2.23. The molecule has 2 atom stereocenters. The number of nitrogens with one attached hydrogen (secondary N) is 2. The highest BCUT2D eigenvalue weighted by atomic mass is 16.4. The molecule has 1 aromatic rings. The van der Waals surface area contributed by atoms with Gasteiger partial charge in [0.2, 0.25) is 11.8 Å². The van der Waals surface area contributed by atoms with E-state index in [1.165, 1.54) is 6.42 Å². The third-order valence-corrected chi connectivity index (χ3v) is 5.37. The third-order valence-electron chi connectivity index (χ3n) is 5.37. The van der Waals surface area contributed by atoms with Gasteiger partial charge in [0.25, 0.3) is 0 Å². The fraction of sp³-hybridized carbons (Fsp3) is 0.571. The number of carbonyl (C=O) groups excluding carboxylic acids is 2. The predicted molar refractivity (Wildman–Crippen MR) is 103 cm³/mol. The van der Waals surface area contributed by atoms with Crippen molar-refractivity contribution < 1.29 is 19.5 Å². The van der Waals surface area contributed by atoms with Crippen LogP contribution in [0.25, 0.3) is 0 Å². The maximum absolute atomic E-state index is 12.4. The van der Waals surface area contributed by atoms with Crippen LogP contribution in [0.5, 0.6) is 0 Å². The topological polar surface area (TPSA) is 95.5 Å². The molecule has 1 saturated carbocycles. The Morgan fingerprint density at radius 3 is 2.33 bits per heavy atom. The van der Waals surface area contributed by atoms with Crippen LogP contribution < -0.4 is 10.6 Å². The lowest BCUT2D eigenvalue weighted by Crippen LogP contribution is -2.47. The summed E-state index contributed by atoms with van der Waals surface area (Å²) in [6, 6.07) is 3.38. The Morgan fingerprint density at radius 2 is 1.74 bits per heavy atom. The molecule has 0 saturated heterocycles. The Morgan fingerprint density at radius 1 is 1.07 bits per heavy atom. The first-order valence-corrected chi connectivity index (χ1v) is 9.67. The average Bonchev–Trinajstić information content (AvgIpc) is 2.62. The van der Waals surface area contributed by atoms with Gasteiger partial charge in [-0.2, -0.15) is 0 Å². The lowest BCUT2D eigenvalue weighted by atomic mass is 9.87. The van der Waals surface area contributed by atoms with Crippen LogP contribution in [-0.4, -0.2) is 28.9 Å². The summed E-state index contributed by atoms with van der Waals surface area (Å²) in [7, 11) is 0. The van der Waals surface area contributed by atoms with Gasteiger partial charge in [-0.05, 0) is 56.2 Å².